The molecule has 5 nitrogen and oxygen atoms in total. The quantitative estimate of drug-likeness (QED) is 0.908. The molecule has 0 aliphatic heterocycles. The van der Waals surface area contributed by atoms with E-state index in [1.807, 2.05) is 5.32 Å². The Bertz CT molecular complexity index is 662. The van der Waals surface area contributed by atoms with Crippen LogP contribution in [0.2, 0.25) is 5.15 Å². The van der Waals surface area contributed by atoms with Crippen molar-refractivity contribution in [2.24, 2.45) is 0 Å². The number of alkyl halides is 3. The van der Waals surface area contributed by atoms with E-state index in [0.29, 0.717) is 11.0 Å². The van der Waals surface area contributed by atoms with Crippen LogP contribution in [-0.4, -0.2) is 35.1 Å². The van der Waals surface area contributed by atoms with Gasteiger partial charge in [0, 0.05) is 0 Å². The van der Waals surface area contributed by atoms with E-state index in [1.54, 1.807) is 24.3 Å². The number of fused-ring (bicyclic) bond motifs is 1. The summed E-state index contributed by atoms with van der Waals surface area (Å²) in [6.07, 6.45) is -4.37. The highest BCUT2D eigenvalue weighted by molar-refractivity contribution is 6.32. The summed E-state index contributed by atoms with van der Waals surface area (Å²) in [6.45, 7) is -1.76. The molecule has 0 aliphatic carbocycles. The Morgan fingerprint density at radius 3 is 2.43 bits per heavy atom. The normalized spacial score (nSPS) is 11.6. The minimum atomic E-state index is -4.37. The molecule has 2 N–H and O–H groups in total. The van der Waals surface area contributed by atoms with Gasteiger partial charge in [-0.05, 0) is 12.1 Å². The van der Waals surface area contributed by atoms with E-state index in [1.165, 1.54) is 0 Å². The minimum Gasteiger partial charge on any atom is -0.307 e. The molecule has 1 amide bonds. The average Bonchev–Trinajstić information content (AvgIpc) is 2.38. The largest absolute Gasteiger partial charge is 0.401 e. The van der Waals surface area contributed by atoms with Crippen LogP contribution in [0.15, 0.2) is 24.3 Å². The zero-order valence-electron chi connectivity index (χ0n) is 10.5. The fourth-order valence-corrected chi connectivity index (χ4v) is 1.73. The van der Waals surface area contributed by atoms with Gasteiger partial charge in [0.1, 0.15) is 0 Å². The Kier molecular flexibility index (Phi) is 4.59. The highest BCUT2D eigenvalue weighted by atomic mass is 35.5. The minimum absolute atomic E-state index is 0.00850. The van der Waals surface area contributed by atoms with Crippen LogP contribution in [0.5, 0.6) is 0 Å². The molecule has 0 fully saturated rings. The third-order valence-electron chi connectivity index (χ3n) is 2.40. The van der Waals surface area contributed by atoms with Gasteiger partial charge in [-0.15, -0.1) is 0 Å². The Hall–Kier alpha value is -1.93. The van der Waals surface area contributed by atoms with Crippen molar-refractivity contribution in [1.29, 1.82) is 0 Å². The number of hydrogen-bond acceptors (Lipinski definition) is 4. The standard InChI is InChI=1S/C12H10ClF3N4O/c13-10-11(19-8-4-2-1-3-7(8)18-10)20-9(21)5-17-6-12(14,15)16/h1-4,17H,5-6H2,(H,19,20,21). The summed E-state index contributed by atoms with van der Waals surface area (Å²) in [5.74, 6) is -0.681. The lowest BCUT2D eigenvalue weighted by Crippen LogP contribution is -2.35. The van der Waals surface area contributed by atoms with Crippen LogP contribution < -0.4 is 10.6 Å². The predicted octanol–water partition coefficient (Wildman–Crippen LogP) is 2.37. The summed E-state index contributed by atoms with van der Waals surface area (Å²) in [5, 5.41) is 4.26. The van der Waals surface area contributed by atoms with Gasteiger partial charge in [0.05, 0.1) is 24.1 Å². The number of aromatic nitrogens is 2. The number of benzene rings is 1. The lowest BCUT2D eigenvalue weighted by atomic mass is 10.3. The lowest BCUT2D eigenvalue weighted by Gasteiger charge is -2.09. The summed E-state index contributed by atoms with van der Waals surface area (Å²) in [5.41, 5.74) is 1.07. The number of nitrogens with zero attached hydrogens (tertiary/aromatic N) is 2. The van der Waals surface area contributed by atoms with Gasteiger partial charge in [-0.25, -0.2) is 9.97 Å². The fourth-order valence-electron chi connectivity index (χ4n) is 1.55. The van der Waals surface area contributed by atoms with Crippen LogP contribution in [0, 0.1) is 0 Å². The molecule has 1 heterocycles. The average molecular weight is 319 g/mol. The maximum Gasteiger partial charge on any atom is 0.401 e. The second-order valence-corrected chi connectivity index (χ2v) is 4.48. The molecule has 0 atom stereocenters. The molecule has 0 aliphatic rings. The van der Waals surface area contributed by atoms with E-state index in [2.05, 4.69) is 15.3 Å². The van der Waals surface area contributed by atoms with Gasteiger partial charge in [0.25, 0.3) is 0 Å². The highest BCUT2D eigenvalue weighted by Gasteiger charge is 2.26. The van der Waals surface area contributed by atoms with Crippen molar-refractivity contribution in [3.05, 3.63) is 29.4 Å². The number of para-hydroxylation sites is 2. The van der Waals surface area contributed by atoms with E-state index >= 15 is 0 Å². The third kappa shape index (κ3) is 4.54. The van der Waals surface area contributed by atoms with Crippen molar-refractivity contribution in [2.75, 3.05) is 18.4 Å². The van der Waals surface area contributed by atoms with Gasteiger partial charge < -0.3 is 10.6 Å². The second-order valence-electron chi connectivity index (χ2n) is 4.12. The highest BCUT2D eigenvalue weighted by Crippen LogP contribution is 2.20. The molecule has 1 aromatic heterocycles. The van der Waals surface area contributed by atoms with Gasteiger partial charge in [0.2, 0.25) is 5.91 Å². The number of nitrogens with one attached hydrogen (secondary N) is 2. The molecule has 0 bridgehead atoms. The van der Waals surface area contributed by atoms with E-state index in [0.717, 1.165) is 0 Å². The van der Waals surface area contributed by atoms with Crippen molar-refractivity contribution in [3.63, 3.8) is 0 Å². The topological polar surface area (TPSA) is 66.9 Å². The molecule has 2 aromatic rings. The van der Waals surface area contributed by atoms with Crippen molar-refractivity contribution in [2.45, 2.75) is 6.18 Å². The molecule has 21 heavy (non-hydrogen) atoms. The monoisotopic (exact) mass is 318 g/mol. The number of halogens is 4. The van der Waals surface area contributed by atoms with Gasteiger partial charge in [0.15, 0.2) is 11.0 Å². The SMILES string of the molecule is O=C(CNCC(F)(F)F)Nc1nc2ccccc2nc1Cl. The Labute approximate surface area is 122 Å². The predicted molar refractivity (Wildman–Crippen MR) is 72.1 cm³/mol. The number of carbonyl (C=O) groups is 1. The van der Waals surface area contributed by atoms with Crippen molar-refractivity contribution in [1.82, 2.24) is 15.3 Å². The van der Waals surface area contributed by atoms with Crippen LogP contribution in [0.1, 0.15) is 0 Å². The Morgan fingerprint density at radius 1 is 1.19 bits per heavy atom. The van der Waals surface area contributed by atoms with Crippen LogP contribution in [0.3, 0.4) is 0 Å². The first-order valence-electron chi connectivity index (χ1n) is 5.85. The lowest BCUT2D eigenvalue weighted by molar-refractivity contribution is -0.126. The van der Waals surface area contributed by atoms with Crippen LogP contribution in [0.4, 0.5) is 19.0 Å². The van der Waals surface area contributed by atoms with Gasteiger partial charge >= 0.3 is 6.18 Å². The summed E-state index contributed by atoms with van der Waals surface area (Å²) in [4.78, 5) is 19.7. The molecule has 0 unspecified atom stereocenters. The van der Waals surface area contributed by atoms with E-state index in [4.69, 9.17) is 11.6 Å². The number of hydrogen-bond donors (Lipinski definition) is 2. The molecule has 112 valence electrons. The summed E-state index contributed by atoms with van der Waals surface area (Å²) < 4.78 is 35.8. The van der Waals surface area contributed by atoms with E-state index < -0.39 is 25.2 Å². The number of anilines is 1. The number of rotatable bonds is 4. The molecule has 2 rings (SSSR count). The van der Waals surface area contributed by atoms with Gasteiger partial charge in [-0.3, -0.25) is 4.79 Å². The molecule has 0 radical (unpaired) electrons. The second kappa shape index (κ2) is 6.23. The van der Waals surface area contributed by atoms with Crippen molar-refractivity contribution < 1.29 is 18.0 Å². The van der Waals surface area contributed by atoms with Gasteiger partial charge in [-0.1, -0.05) is 23.7 Å². The van der Waals surface area contributed by atoms with Gasteiger partial charge in [-0.2, -0.15) is 13.2 Å². The molecular formula is C12H10ClF3N4O. The third-order valence-corrected chi connectivity index (χ3v) is 2.66. The summed E-state index contributed by atoms with van der Waals surface area (Å²) in [7, 11) is 0. The Balaban J connectivity index is 2.02. The molecule has 0 saturated carbocycles. The summed E-state index contributed by atoms with van der Waals surface area (Å²) >= 11 is 5.87. The zero-order chi connectivity index (χ0) is 15.5. The molecule has 0 spiro atoms. The first-order valence-corrected chi connectivity index (χ1v) is 6.22. The Morgan fingerprint density at radius 2 is 1.81 bits per heavy atom. The smallest absolute Gasteiger partial charge is 0.307 e. The van der Waals surface area contributed by atoms with Crippen molar-refractivity contribution >= 4 is 34.4 Å². The van der Waals surface area contributed by atoms with Crippen LogP contribution in [-0.2, 0) is 4.79 Å². The maximum atomic E-state index is 11.9. The molecule has 9 heteroatoms. The first-order chi connectivity index (χ1) is 9.85. The molecular weight excluding hydrogens is 309 g/mol. The van der Waals surface area contributed by atoms with Crippen molar-refractivity contribution in [3.8, 4) is 0 Å². The molecule has 0 saturated heterocycles. The zero-order valence-corrected chi connectivity index (χ0v) is 11.3. The van der Waals surface area contributed by atoms with E-state index in [-0.39, 0.29) is 11.0 Å². The fraction of sp³-hybridized carbons (Fsp3) is 0.250. The number of carbonyl (C=O) groups excluding carboxylic acids is 1. The maximum absolute atomic E-state index is 11.9. The van der Waals surface area contributed by atoms with E-state index in [9.17, 15) is 18.0 Å². The number of amides is 1. The summed E-state index contributed by atoms with van der Waals surface area (Å²) in [6, 6.07) is 6.87. The molecule has 1 aromatic carbocycles. The van der Waals surface area contributed by atoms with Crippen LogP contribution >= 0.6 is 11.6 Å². The first kappa shape index (κ1) is 15.5. The van der Waals surface area contributed by atoms with Crippen LogP contribution in [0.25, 0.3) is 11.0 Å².